The monoisotopic (exact) mass is 281 g/mol. The minimum Gasteiger partial charge on any atom is -0.464 e. The number of carbonyl (C=O) groups is 2. The molecule has 1 N–H and O–H groups in total. The third kappa shape index (κ3) is 5.03. The second-order valence-electron chi connectivity index (χ2n) is 4.70. The van der Waals surface area contributed by atoms with E-state index in [-0.39, 0.29) is 11.9 Å². The highest BCUT2D eigenvalue weighted by Crippen LogP contribution is 2.17. The van der Waals surface area contributed by atoms with Crippen molar-refractivity contribution in [2.45, 2.75) is 52.1 Å². The quantitative estimate of drug-likeness (QED) is 0.736. The lowest BCUT2D eigenvalue weighted by molar-refractivity contribution is -0.146. The topological polar surface area (TPSA) is 73.2 Å². The molecule has 0 fully saturated rings. The summed E-state index contributed by atoms with van der Waals surface area (Å²) in [5, 5.41) is 2.67. The van der Waals surface area contributed by atoms with Gasteiger partial charge < -0.3 is 14.6 Å². The predicted molar refractivity (Wildman–Crippen MR) is 75.0 cm³/mol. The van der Waals surface area contributed by atoms with Gasteiger partial charge in [-0.3, -0.25) is 4.79 Å². The summed E-state index contributed by atoms with van der Waals surface area (Å²) in [7, 11) is 0. The van der Waals surface area contributed by atoms with Crippen LogP contribution in [0.3, 0.4) is 0 Å². The molecule has 0 aliphatic rings. The van der Waals surface area contributed by atoms with Crippen molar-refractivity contribution in [1.29, 1.82) is 0 Å². The molecule has 1 aromatic rings. The lowest BCUT2D eigenvalue weighted by Crippen LogP contribution is -2.40. The Hall–Kier alpha value is -1.85. The molecule has 0 aromatic carbocycles. The van der Waals surface area contributed by atoms with Gasteiger partial charge in [0.2, 0.25) is 5.91 Å². The Morgan fingerprint density at radius 2 is 2.15 bits per heavy atom. The molecule has 0 saturated heterocycles. The highest BCUT2D eigenvalue weighted by atomic mass is 16.5. The van der Waals surface area contributed by atoms with Crippen molar-refractivity contribution in [2.24, 2.45) is 0 Å². The zero-order chi connectivity index (χ0) is 15.0. The minimum atomic E-state index is -0.618. The van der Waals surface area contributed by atoms with Gasteiger partial charge in [-0.05, 0) is 20.3 Å². The lowest BCUT2D eigenvalue weighted by atomic mass is 10.1. The van der Waals surface area contributed by atoms with Crippen LogP contribution in [0.25, 0.3) is 0 Å². The number of aromatic nitrogens is 2. The number of nitrogens with zero attached hydrogens (tertiary/aromatic N) is 2. The Bertz CT molecular complexity index is 417. The number of ether oxygens (including phenoxy) is 1. The van der Waals surface area contributed by atoms with Gasteiger partial charge >= 0.3 is 5.97 Å². The molecule has 0 radical (unpaired) electrons. The van der Waals surface area contributed by atoms with Crippen molar-refractivity contribution < 1.29 is 14.3 Å². The van der Waals surface area contributed by atoms with E-state index in [1.54, 1.807) is 26.4 Å². The molecule has 0 aliphatic carbocycles. The average Bonchev–Trinajstić information content (AvgIpc) is 2.92. The normalized spacial score (nSPS) is 13.6. The fourth-order valence-electron chi connectivity index (χ4n) is 2.02. The maximum Gasteiger partial charge on any atom is 0.328 e. The maximum absolute atomic E-state index is 12.0. The summed E-state index contributed by atoms with van der Waals surface area (Å²) in [6.45, 7) is 5.75. The number of amides is 1. The van der Waals surface area contributed by atoms with Crippen LogP contribution in [0.15, 0.2) is 18.7 Å². The second kappa shape index (κ2) is 8.35. The van der Waals surface area contributed by atoms with Crippen molar-refractivity contribution in [3.8, 4) is 0 Å². The van der Waals surface area contributed by atoms with Crippen LogP contribution in [0.2, 0.25) is 0 Å². The average molecular weight is 281 g/mol. The van der Waals surface area contributed by atoms with E-state index in [9.17, 15) is 9.59 Å². The Morgan fingerprint density at radius 1 is 1.40 bits per heavy atom. The van der Waals surface area contributed by atoms with E-state index in [1.807, 2.05) is 10.8 Å². The summed E-state index contributed by atoms with van der Waals surface area (Å²) < 4.78 is 6.79. The molecule has 112 valence electrons. The first-order valence-corrected chi connectivity index (χ1v) is 7.01. The fraction of sp³-hybridized carbons (Fsp3) is 0.643. The Balaban J connectivity index is 2.52. The maximum atomic E-state index is 12.0. The smallest absolute Gasteiger partial charge is 0.328 e. The lowest BCUT2D eigenvalue weighted by Gasteiger charge is -2.19. The number of rotatable bonds is 8. The molecule has 20 heavy (non-hydrogen) atoms. The molecule has 1 aromatic heterocycles. The summed E-state index contributed by atoms with van der Waals surface area (Å²) in [6, 6.07) is -0.551. The van der Waals surface area contributed by atoms with Gasteiger partial charge in [0.25, 0.3) is 0 Å². The third-order valence-electron chi connectivity index (χ3n) is 3.01. The highest BCUT2D eigenvalue weighted by molar-refractivity contribution is 5.84. The van der Waals surface area contributed by atoms with Crippen LogP contribution in [0, 0.1) is 0 Å². The number of hydrogen-bond acceptors (Lipinski definition) is 4. The SMILES string of the molecule is CCCC(CC(=O)NC(C)C(=O)OCC)n1ccnc1. The van der Waals surface area contributed by atoms with Crippen LogP contribution < -0.4 is 5.32 Å². The van der Waals surface area contributed by atoms with Gasteiger partial charge in [-0.25, -0.2) is 9.78 Å². The molecule has 1 amide bonds. The number of esters is 1. The van der Waals surface area contributed by atoms with Crippen molar-refractivity contribution in [3.05, 3.63) is 18.7 Å². The van der Waals surface area contributed by atoms with Gasteiger partial charge in [0.15, 0.2) is 0 Å². The summed E-state index contributed by atoms with van der Waals surface area (Å²) >= 11 is 0. The minimum absolute atomic E-state index is 0.0666. The number of hydrogen-bond donors (Lipinski definition) is 1. The van der Waals surface area contributed by atoms with Gasteiger partial charge in [0, 0.05) is 24.9 Å². The van der Waals surface area contributed by atoms with Gasteiger partial charge in [-0.1, -0.05) is 13.3 Å². The molecule has 6 nitrogen and oxygen atoms in total. The molecule has 0 aliphatic heterocycles. The van der Waals surface area contributed by atoms with E-state index in [2.05, 4.69) is 17.2 Å². The zero-order valence-electron chi connectivity index (χ0n) is 12.3. The Labute approximate surface area is 119 Å². The van der Waals surface area contributed by atoms with Crippen LogP contribution in [0.1, 0.15) is 46.1 Å². The summed E-state index contributed by atoms with van der Waals surface area (Å²) in [5.41, 5.74) is 0. The molecule has 0 saturated carbocycles. The zero-order valence-corrected chi connectivity index (χ0v) is 12.3. The van der Waals surface area contributed by atoms with E-state index in [0.717, 1.165) is 12.8 Å². The number of imidazole rings is 1. The first kappa shape index (κ1) is 16.2. The van der Waals surface area contributed by atoms with Crippen LogP contribution in [0.5, 0.6) is 0 Å². The van der Waals surface area contributed by atoms with Gasteiger partial charge in [-0.15, -0.1) is 0 Å². The van der Waals surface area contributed by atoms with Gasteiger partial charge in [0.05, 0.1) is 12.9 Å². The molecule has 6 heteroatoms. The van der Waals surface area contributed by atoms with E-state index in [1.165, 1.54) is 0 Å². The van der Waals surface area contributed by atoms with Crippen LogP contribution in [-0.2, 0) is 14.3 Å². The molecular formula is C14H23N3O3. The van der Waals surface area contributed by atoms with E-state index < -0.39 is 12.0 Å². The summed E-state index contributed by atoms with van der Waals surface area (Å²) in [5.74, 6) is -0.562. The number of carbonyl (C=O) groups excluding carboxylic acids is 2. The van der Waals surface area contributed by atoms with Crippen molar-refractivity contribution in [1.82, 2.24) is 14.9 Å². The van der Waals surface area contributed by atoms with E-state index in [0.29, 0.717) is 13.0 Å². The first-order chi connectivity index (χ1) is 9.58. The summed E-state index contributed by atoms with van der Waals surface area (Å²) in [4.78, 5) is 27.5. The fourth-order valence-corrected chi connectivity index (χ4v) is 2.02. The standard InChI is InChI=1S/C14H23N3O3/c1-4-6-12(17-8-7-15-10-17)9-13(18)16-11(3)14(19)20-5-2/h7-8,10-12H,4-6,9H2,1-3H3,(H,16,18). The van der Waals surface area contributed by atoms with Crippen LogP contribution in [-0.4, -0.2) is 34.1 Å². The first-order valence-electron chi connectivity index (χ1n) is 7.01. The van der Waals surface area contributed by atoms with Crippen LogP contribution in [0.4, 0.5) is 0 Å². The van der Waals surface area contributed by atoms with Crippen LogP contribution >= 0.6 is 0 Å². The van der Waals surface area contributed by atoms with Crippen molar-refractivity contribution in [2.75, 3.05) is 6.61 Å². The second-order valence-corrected chi connectivity index (χ2v) is 4.70. The largest absolute Gasteiger partial charge is 0.464 e. The molecule has 2 unspecified atom stereocenters. The Kier molecular flexibility index (Phi) is 6.76. The van der Waals surface area contributed by atoms with E-state index >= 15 is 0 Å². The van der Waals surface area contributed by atoms with Crippen molar-refractivity contribution in [3.63, 3.8) is 0 Å². The molecule has 2 atom stereocenters. The van der Waals surface area contributed by atoms with Crippen molar-refractivity contribution >= 4 is 11.9 Å². The highest BCUT2D eigenvalue weighted by Gasteiger charge is 2.19. The third-order valence-corrected chi connectivity index (χ3v) is 3.01. The predicted octanol–water partition coefficient (Wildman–Crippen LogP) is 1.68. The summed E-state index contributed by atoms with van der Waals surface area (Å²) in [6.07, 6.45) is 7.45. The molecule has 1 heterocycles. The molecule has 0 bridgehead atoms. The Morgan fingerprint density at radius 3 is 2.70 bits per heavy atom. The number of nitrogens with one attached hydrogen (secondary N) is 1. The van der Waals surface area contributed by atoms with E-state index in [4.69, 9.17) is 4.74 Å². The van der Waals surface area contributed by atoms with Gasteiger partial charge in [0.1, 0.15) is 6.04 Å². The molecule has 0 spiro atoms. The van der Waals surface area contributed by atoms with Gasteiger partial charge in [-0.2, -0.15) is 0 Å². The molecule has 1 rings (SSSR count). The molecular weight excluding hydrogens is 258 g/mol.